The molecule has 32 heavy (non-hydrogen) atoms. The Hall–Kier alpha value is -2.93. The molecule has 0 unspecified atom stereocenters. The number of carbonyl (C=O) groups excluding carboxylic acids is 1. The van der Waals surface area contributed by atoms with E-state index in [1.54, 1.807) is 23.5 Å². The van der Waals surface area contributed by atoms with Crippen molar-refractivity contribution in [2.45, 2.75) is 6.54 Å². The molecule has 4 aromatic rings. The quantitative estimate of drug-likeness (QED) is 0.470. The summed E-state index contributed by atoms with van der Waals surface area (Å²) in [6.45, 7) is 3.71. The minimum atomic E-state index is -0.225. The van der Waals surface area contributed by atoms with Crippen LogP contribution in [0.3, 0.4) is 0 Å². The molecule has 1 amide bonds. The standard InChI is InChI=1S/C25H22ClN3O2S/c26-21-8-4-3-7-20(21)23-10-9-18(32-23)16-28-11-13-29(14-12-28)25(31)22-15-17-5-1-2-6-19(17)24(30)27-22/h1-10,15H,11-14,16H2,(H,27,30). The van der Waals surface area contributed by atoms with Crippen LogP contribution in [0.5, 0.6) is 0 Å². The zero-order valence-electron chi connectivity index (χ0n) is 17.4. The van der Waals surface area contributed by atoms with Gasteiger partial charge in [-0.2, -0.15) is 0 Å². The third-order valence-corrected chi connectivity index (χ3v) is 7.26. The number of carbonyl (C=O) groups is 1. The van der Waals surface area contributed by atoms with Gasteiger partial charge in [0.05, 0.1) is 0 Å². The van der Waals surface area contributed by atoms with Crippen molar-refractivity contribution in [3.8, 4) is 10.4 Å². The lowest BCUT2D eigenvalue weighted by Gasteiger charge is -2.34. The van der Waals surface area contributed by atoms with Crippen LogP contribution in [0.25, 0.3) is 21.2 Å². The van der Waals surface area contributed by atoms with Gasteiger partial charge < -0.3 is 9.88 Å². The van der Waals surface area contributed by atoms with Crippen molar-refractivity contribution in [3.05, 3.63) is 92.7 Å². The van der Waals surface area contributed by atoms with Gasteiger partial charge in [-0.25, -0.2) is 0 Å². The van der Waals surface area contributed by atoms with Crippen molar-refractivity contribution in [1.29, 1.82) is 0 Å². The summed E-state index contributed by atoms with van der Waals surface area (Å²) >= 11 is 8.09. The summed E-state index contributed by atoms with van der Waals surface area (Å²) < 4.78 is 0. The van der Waals surface area contributed by atoms with Gasteiger partial charge in [0.25, 0.3) is 11.5 Å². The number of aromatic nitrogens is 1. The number of fused-ring (bicyclic) bond motifs is 1. The highest BCUT2D eigenvalue weighted by atomic mass is 35.5. The van der Waals surface area contributed by atoms with Gasteiger partial charge in [-0.05, 0) is 35.7 Å². The van der Waals surface area contributed by atoms with Gasteiger partial charge in [0.1, 0.15) is 5.69 Å². The maximum Gasteiger partial charge on any atom is 0.270 e. The summed E-state index contributed by atoms with van der Waals surface area (Å²) in [5, 5.41) is 2.14. The van der Waals surface area contributed by atoms with Gasteiger partial charge in [0.2, 0.25) is 0 Å². The second-order valence-corrected chi connectivity index (χ2v) is 9.49. The first-order valence-corrected chi connectivity index (χ1v) is 11.8. The highest BCUT2D eigenvalue weighted by molar-refractivity contribution is 7.15. The third kappa shape index (κ3) is 4.21. The Morgan fingerprint density at radius 1 is 0.969 bits per heavy atom. The number of hydrogen-bond donors (Lipinski definition) is 1. The van der Waals surface area contributed by atoms with E-state index in [9.17, 15) is 9.59 Å². The zero-order valence-corrected chi connectivity index (χ0v) is 19.0. The van der Waals surface area contributed by atoms with Crippen molar-refractivity contribution in [2.24, 2.45) is 0 Å². The van der Waals surface area contributed by atoms with E-state index in [4.69, 9.17) is 11.6 Å². The Balaban J connectivity index is 1.23. The smallest absolute Gasteiger partial charge is 0.270 e. The highest BCUT2D eigenvalue weighted by Crippen LogP contribution is 2.33. The first-order chi connectivity index (χ1) is 15.6. The molecule has 0 spiro atoms. The van der Waals surface area contributed by atoms with Crippen LogP contribution < -0.4 is 5.56 Å². The Morgan fingerprint density at radius 3 is 2.53 bits per heavy atom. The average molecular weight is 464 g/mol. The molecule has 162 valence electrons. The van der Waals surface area contributed by atoms with E-state index in [-0.39, 0.29) is 11.5 Å². The predicted molar refractivity (Wildman–Crippen MR) is 131 cm³/mol. The van der Waals surface area contributed by atoms with Gasteiger partial charge in [0, 0.05) is 58.5 Å². The number of H-pyrrole nitrogens is 1. The normalized spacial score (nSPS) is 14.7. The topological polar surface area (TPSA) is 56.4 Å². The molecular formula is C25H22ClN3O2S. The maximum absolute atomic E-state index is 13.0. The maximum atomic E-state index is 13.0. The molecule has 5 nitrogen and oxygen atoms in total. The lowest BCUT2D eigenvalue weighted by molar-refractivity contribution is 0.0624. The van der Waals surface area contributed by atoms with Crippen LogP contribution in [0.1, 0.15) is 15.4 Å². The number of amides is 1. The zero-order chi connectivity index (χ0) is 22.1. The molecule has 1 saturated heterocycles. The molecule has 0 saturated carbocycles. The van der Waals surface area contributed by atoms with Crippen LogP contribution in [-0.4, -0.2) is 46.9 Å². The number of thiophene rings is 1. The molecule has 1 aliphatic rings. The Morgan fingerprint density at radius 2 is 1.72 bits per heavy atom. The molecule has 1 fully saturated rings. The van der Waals surface area contributed by atoms with E-state index in [2.05, 4.69) is 22.0 Å². The number of piperazine rings is 1. The Kier molecular flexibility index (Phi) is 5.83. The monoisotopic (exact) mass is 463 g/mol. The van der Waals surface area contributed by atoms with Crippen molar-refractivity contribution in [1.82, 2.24) is 14.8 Å². The number of benzene rings is 2. The average Bonchev–Trinajstić information content (AvgIpc) is 3.27. The molecule has 5 rings (SSSR count). The number of nitrogens with one attached hydrogen (secondary N) is 1. The summed E-state index contributed by atoms with van der Waals surface area (Å²) in [6.07, 6.45) is 0. The molecule has 3 heterocycles. The Labute approximate surface area is 194 Å². The number of aromatic amines is 1. The minimum absolute atomic E-state index is 0.121. The highest BCUT2D eigenvalue weighted by Gasteiger charge is 2.23. The Bertz CT molecular complexity index is 1340. The van der Waals surface area contributed by atoms with Crippen molar-refractivity contribution >= 4 is 39.6 Å². The fraction of sp³-hybridized carbons (Fsp3) is 0.200. The molecule has 7 heteroatoms. The molecule has 2 aromatic heterocycles. The van der Waals surface area contributed by atoms with Crippen LogP contribution in [0.4, 0.5) is 0 Å². The van der Waals surface area contributed by atoms with Gasteiger partial charge in [-0.3, -0.25) is 14.5 Å². The number of rotatable bonds is 4. The van der Waals surface area contributed by atoms with E-state index in [0.29, 0.717) is 24.2 Å². The van der Waals surface area contributed by atoms with Crippen LogP contribution in [-0.2, 0) is 6.54 Å². The largest absolute Gasteiger partial charge is 0.335 e. The van der Waals surface area contributed by atoms with Crippen LogP contribution >= 0.6 is 22.9 Å². The van der Waals surface area contributed by atoms with E-state index < -0.39 is 0 Å². The van der Waals surface area contributed by atoms with Crippen molar-refractivity contribution in [2.75, 3.05) is 26.2 Å². The fourth-order valence-electron chi connectivity index (χ4n) is 4.09. The summed E-state index contributed by atoms with van der Waals surface area (Å²) in [5.41, 5.74) is 1.19. The van der Waals surface area contributed by atoms with E-state index in [1.807, 2.05) is 47.4 Å². The summed E-state index contributed by atoms with van der Waals surface area (Å²) in [6, 6.07) is 21.3. The second kappa shape index (κ2) is 8.90. The molecule has 0 radical (unpaired) electrons. The van der Waals surface area contributed by atoms with Crippen molar-refractivity contribution < 1.29 is 4.79 Å². The molecule has 2 aromatic carbocycles. The molecular weight excluding hydrogens is 442 g/mol. The van der Waals surface area contributed by atoms with E-state index >= 15 is 0 Å². The van der Waals surface area contributed by atoms with Crippen LogP contribution in [0.15, 0.2) is 71.5 Å². The number of pyridine rings is 1. The van der Waals surface area contributed by atoms with Crippen LogP contribution in [0.2, 0.25) is 5.02 Å². The molecule has 1 N–H and O–H groups in total. The fourth-order valence-corrected chi connectivity index (χ4v) is 5.48. The van der Waals surface area contributed by atoms with Crippen LogP contribution in [0, 0.1) is 0 Å². The second-order valence-electron chi connectivity index (χ2n) is 7.91. The molecule has 0 atom stereocenters. The first-order valence-electron chi connectivity index (χ1n) is 10.6. The number of nitrogens with zero attached hydrogens (tertiary/aromatic N) is 2. The first kappa shape index (κ1) is 20.9. The number of hydrogen-bond acceptors (Lipinski definition) is 4. The summed E-state index contributed by atoms with van der Waals surface area (Å²) in [7, 11) is 0. The van der Waals surface area contributed by atoms with Gasteiger partial charge in [-0.1, -0.05) is 48.0 Å². The lowest BCUT2D eigenvalue weighted by Crippen LogP contribution is -2.48. The van der Waals surface area contributed by atoms with Crippen molar-refractivity contribution in [3.63, 3.8) is 0 Å². The van der Waals surface area contributed by atoms with Gasteiger partial charge in [-0.15, -0.1) is 11.3 Å². The number of halogens is 1. The summed E-state index contributed by atoms with van der Waals surface area (Å²) in [4.78, 5) is 34.7. The molecule has 1 aliphatic heterocycles. The molecule has 0 bridgehead atoms. The van der Waals surface area contributed by atoms with E-state index in [1.165, 1.54) is 9.75 Å². The lowest BCUT2D eigenvalue weighted by atomic mass is 10.1. The summed E-state index contributed by atoms with van der Waals surface area (Å²) in [5.74, 6) is -0.121. The third-order valence-electron chi connectivity index (χ3n) is 5.82. The SMILES string of the molecule is O=C(c1cc2ccccc2c(=O)[nH]1)N1CCN(Cc2ccc(-c3ccccc3Cl)s2)CC1. The van der Waals surface area contributed by atoms with Gasteiger partial charge in [0.15, 0.2) is 0 Å². The minimum Gasteiger partial charge on any atom is -0.335 e. The van der Waals surface area contributed by atoms with Gasteiger partial charge >= 0.3 is 0 Å². The van der Waals surface area contributed by atoms with E-state index in [0.717, 1.165) is 35.6 Å². The molecule has 0 aliphatic carbocycles. The predicted octanol–water partition coefficient (Wildman–Crippen LogP) is 4.87.